The summed E-state index contributed by atoms with van der Waals surface area (Å²) in [6, 6.07) is 5.13. The third-order valence-corrected chi connectivity index (χ3v) is 3.17. The van der Waals surface area contributed by atoms with Crippen LogP contribution < -0.4 is 5.32 Å². The van der Waals surface area contributed by atoms with E-state index in [0.717, 1.165) is 0 Å². The number of hydrogen-bond acceptors (Lipinski definition) is 3. The molecular weight excluding hydrogens is 226 g/mol. The van der Waals surface area contributed by atoms with E-state index >= 15 is 0 Å². The summed E-state index contributed by atoms with van der Waals surface area (Å²) in [4.78, 5) is 15.8. The lowest BCUT2D eigenvalue weighted by molar-refractivity contribution is 0.0932. The van der Waals surface area contributed by atoms with Gasteiger partial charge in [0.1, 0.15) is 11.8 Å². The highest BCUT2D eigenvalue weighted by Crippen LogP contribution is 2.24. The number of pyridine rings is 1. The van der Waals surface area contributed by atoms with Crippen LogP contribution in [0.1, 0.15) is 43.7 Å². The summed E-state index contributed by atoms with van der Waals surface area (Å²) < 4.78 is 0. The van der Waals surface area contributed by atoms with Gasteiger partial charge in [0, 0.05) is 12.7 Å². The van der Waals surface area contributed by atoms with Crippen molar-refractivity contribution in [1.82, 2.24) is 10.3 Å². The van der Waals surface area contributed by atoms with E-state index in [4.69, 9.17) is 5.26 Å². The van der Waals surface area contributed by atoms with Crippen molar-refractivity contribution in [3.8, 4) is 6.07 Å². The topological polar surface area (TPSA) is 65.8 Å². The molecule has 96 valence electrons. The van der Waals surface area contributed by atoms with Crippen LogP contribution in [0, 0.1) is 22.7 Å². The molecule has 0 radical (unpaired) electrons. The molecule has 1 heterocycles. The van der Waals surface area contributed by atoms with E-state index < -0.39 is 0 Å². The largest absolute Gasteiger partial charge is 0.350 e. The van der Waals surface area contributed by atoms with Gasteiger partial charge >= 0.3 is 0 Å². The van der Waals surface area contributed by atoms with Crippen LogP contribution in [-0.4, -0.2) is 17.4 Å². The summed E-state index contributed by atoms with van der Waals surface area (Å²) in [7, 11) is 0. The quantitative estimate of drug-likeness (QED) is 0.889. The summed E-state index contributed by atoms with van der Waals surface area (Å²) >= 11 is 0. The summed E-state index contributed by atoms with van der Waals surface area (Å²) in [6.07, 6.45) is 1.40. The van der Waals surface area contributed by atoms with Crippen LogP contribution in [0.4, 0.5) is 0 Å². The highest BCUT2D eigenvalue weighted by Gasteiger charge is 2.20. The van der Waals surface area contributed by atoms with Gasteiger partial charge in [0.25, 0.3) is 5.91 Å². The van der Waals surface area contributed by atoms with Crippen LogP contribution in [-0.2, 0) is 0 Å². The molecule has 1 aromatic rings. The fourth-order valence-corrected chi connectivity index (χ4v) is 1.24. The average molecular weight is 245 g/mol. The number of nitriles is 1. The number of rotatable bonds is 3. The Labute approximate surface area is 108 Å². The van der Waals surface area contributed by atoms with Crippen molar-refractivity contribution < 1.29 is 4.79 Å². The normalized spacial score (nSPS) is 12.6. The van der Waals surface area contributed by atoms with Crippen molar-refractivity contribution in [3.05, 3.63) is 29.6 Å². The van der Waals surface area contributed by atoms with Gasteiger partial charge in [0.15, 0.2) is 0 Å². The summed E-state index contributed by atoms with van der Waals surface area (Å²) in [5.41, 5.74) is 0.954. The maximum Gasteiger partial charge on any atom is 0.269 e. The second-order valence-corrected chi connectivity index (χ2v) is 5.52. The number of aromatic nitrogens is 1. The van der Waals surface area contributed by atoms with Crippen molar-refractivity contribution in [2.45, 2.75) is 27.7 Å². The van der Waals surface area contributed by atoms with Crippen molar-refractivity contribution in [2.24, 2.45) is 11.3 Å². The molecule has 1 aromatic heterocycles. The van der Waals surface area contributed by atoms with E-state index in [-0.39, 0.29) is 11.3 Å². The number of nitrogens with one attached hydrogen (secondary N) is 1. The van der Waals surface area contributed by atoms with E-state index in [0.29, 0.717) is 23.7 Å². The predicted molar refractivity (Wildman–Crippen MR) is 69.9 cm³/mol. The summed E-state index contributed by atoms with van der Waals surface area (Å²) in [6.45, 7) is 9.15. The Morgan fingerprint density at radius 2 is 2.17 bits per heavy atom. The zero-order chi connectivity index (χ0) is 13.8. The molecule has 0 aliphatic carbocycles. The summed E-state index contributed by atoms with van der Waals surface area (Å²) in [5.74, 6) is 0.176. The van der Waals surface area contributed by atoms with E-state index in [1.165, 1.54) is 6.20 Å². The molecule has 0 saturated heterocycles. The van der Waals surface area contributed by atoms with Gasteiger partial charge in [0.05, 0.1) is 5.56 Å². The second kappa shape index (κ2) is 5.63. The van der Waals surface area contributed by atoms with E-state index in [2.05, 4.69) is 38.0 Å². The maximum absolute atomic E-state index is 11.8. The number of amides is 1. The highest BCUT2D eigenvalue weighted by atomic mass is 16.1. The molecule has 1 rings (SSSR count). The number of carbonyl (C=O) groups is 1. The molecule has 0 aromatic carbocycles. The van der Waals surface area contributed by atoms with Crippen LogP contribution in [0.25, 0.3) is 0 Å². The first-order valence-electron chi connectivity index (χ1n) is 5.99. The van der Waals surface area contributed by atoms with Crippen molar-refractivity contribution >= 4 is 5.91 Å². The van der Waals surface area contributed by atoms with Crippen molar-refractivity contribution in [1.29, 1.82) is 5.26 Å². The molecule has 4 nitrogen and oxygen atoms in total. The van der Waals surface area contributed by atoms with Crippen LogP contribution in [0.5, 0.6) is 0 Å². The number of hydrogen-bond donors (Lipinski definition) is 1. The molecule has 0 spiro atoms. The highest BCUT2D eigenvalue weighted by molar-refractivity contribution is 5.92. The van der Waals surface area contributed by atoms with Gasteiger partial charge in [-0.25, -0.2) is 4.98 Å². The lowest BCUT2D eigenvalue weighted by atomic mass is 9.82. The Hall–Kier alpha value is -1.89. The van der Waals surface area contributed by atoms with Crippen molar-refractivity contribution in [2.75, 3.05) is 6.54 Å². The van der Waals surface area contributed by atoms with Gasteiger partial charge in [-0.3, -0.25) is 4.79 Å². The van der Waals surface area contributed by atoms with E-state index in [9.17, 15) is 4.79 Å². The molecule has 0 fully saturated rings. The third kappa shape index (κ3) is 3.85. The minimum Gasteiger partial charge on any atom is -0.350 e. The zero-order valence-corrected chi connectivity index (χ0v) is 11.3. The molecule has 0 aliphatic heterocycles. The molecule has 0 aliphatic rings. The van der Waals surface area contributed by atoms with Crippen LogP contribution in [0.2, 0.25) is 0 Å². The van der Waals surface area contributed by atoms with Gasteiger partial charge in [-0.15, -0.1) is 0 Å². The predicted octanol–water partition coefficient (Wildman–Crippen LogP) is 2.37. The SMILES string of the molecule is CC(CNC(=O)c1ccc(C#N)cn1)C(C)(C)C. The van der Waals surface area contributed by atoms with Gasteiger partial charge < -0.3 is 5.32 Å². The van der Waals surface area contributed by atoms with Crippen molar-refractivity contribution in [3.63, 3.8) is 0 Å². The Balaban J connectivity index is 2.58. The number of nitrogens with zero attached hydrogens (tertiary/aromatic N) is 2. The molecule has 1 N–H and O–H groups in total. The lowest BCUT2D eigenvalue weighted by Gasteiger charge is -2.27. The Morgan fingerprint density at radius 1 is 1.50 bits per heavy atom. The standard InChI is InChI=1S/C14H19N3O/c1-10(14(2,3)4)8-17-13(18)12-6-5-11(7-15)9-16-12/h5-6,9-10H,8H2,1-4H3,(H,17,18). The number of carbonyl (C=O) groups excluding carboxylic acids is 1. The Bertz CT molecular complexity index is 451. The first-order chi connectivity index (χ1) is 8.34. The maximum atomic E-state index is 11.8. The average Bonchev–Trinajstić information content (AvgIpc) is 2.34. The van der Waals surface area contributed by atoms with Gasteiger partial charge in [-0.05, 0) is 23.5 Å². The molecule has 1 amide bonds. The molecule has 0 bridgehead atoms. The molecule has 1 atom stereocenters. The fourth-order valence-electron chi connectivity index (χ4n) is 1.24. The zero-order valence-electron chi connectivity index (χ0n) is 11.3. The second-order valence-electron chi connectivity index (χ2n) is 5.52. The van der Waals surface area contributed by atoms with Crippen LogP contribution in [0.3, 0.4) is 0 Å². The molecule has 0 saturated carbocycles. The third-order valence-electron chi connectivity index (χ3n) is 3.17. The Kier molecular flexibility index (Phi) is 4.43. The minimum atomic E-state index is -0.199. The van der Waals surface area contributed by atoms with Crippen LogP contribution in [0.15, 0.2) is 18.3 Å². The minimum absolute atomic E-state index is 0.158. The Morgan fingerprint density at radius 3 is 2.61 bits per heavy atom. The van der Waals surface area contributed by atoms with Gasteiger partial charge in [-0.2, -0.15) is 5.26 Å². The molecule has 1 unspecified atom stereocenters. The molecule has 18 heavy (non-hydrogen) atoms. The monoisotopic (exact) mass is 245 g/mol. The smallest absolute Gasteiger partial charge is 0.269 e. The van der Waals surface area contributed by atoms with Crippen LogP contribution >= 0.6 is 0 Å². The first kappa shape index (κ1) is 14.2. The summed E-state index contributed by atoms with van der Waals surface area (Å²) in [5, 5.41) is 11.5. The molecular formula is C14H19N3O. The lowest BCUT2D eigenvalue weighted by Crippen LogP contribution is -2.34. The van der Waals surface area contributed by atoms with E-state index in [1.807, 2.05) is 6.07 Å². The fraction of sp³-hybridized carbons (Fsp3) is 0.500. The first-order valence-corrected chi connectivity index (χ1v) is 5.99. The molecule has 4 heteroatoms. The van der Waals surface area contributed by atoms with E-state index in [1.54, 1.807) is 12.1 Å². The van der Waals surface area contributed by atoms with Gasteiger partial charge in [0.2, 0.25) is 0 Å². The van der Waals surface area contributed by atoms with Gasteiger partial charge in [-0.1, -0.05) is 27.7 Å².